The van der Waals surface area contributed by atoms with Crippen LogP contribution in [0.3, 0.4) is 0 Å². The van der Waals surface area contributed by atoms with Gasteiger partial charge in [-0.25, -0.2) is 0 Å². The van der Waals surface area contributed by atoms with Gasteiger partial charge in [0.1, 0.15) is 5.01 Å². The van der Waals surface area contributed by atoms with Gasteiger partial charge in [0.25, 0.3) is 0 Å². The molecule has 0 spiro atoms. The van der Waals surface area contributed by atoms with Crippen molar-refractivity contribution in [3.8, 4) is 0 Å². The quantitative estimate of drug-likeness (QED) is 0.881. The van der Waals surface area contributed by atoms with Crippen molar-refractivity contribution in [2.45, 2.75) is 32.6 Å². The van der Waals surface area contributed by atoms with Crippen molar-refractivity contribution in [1.82, 2.24) is 10.2 Å². The molecule has 0 unspecified atom stereocenters. The van der Waals surface area contributed by atoms with Crippen LogP contribution in [0, 0.1) is 0 Å². The Bertz CT molecular complexity index is 524. The average molecular weight is 275 g/mol. The molecule has 1 N–H and O–H groups in total. The van der Waals surface area contributed by atoms with E-state index in [-0.39, 0.29) is 5.91 Å². The number of amides is 1. The van der Waals surface area contributed by atoms with Crippen LogP contribution in [0.2, 0.25) is 0 Å². The van der Waals surface area contributed by atoms with Gasteiger partial charge in [0.15, 0.2) is 0 Å². The van der Waals surface area contributed by atoms with Gasteiger partial charge in [0, 0.05) is 12.8 Å². The Morgan fingerprint density at radius 3 is 2.74 bits per heavy atom. The van der Waals surface area contributed by atoms with Crippen LogP contribution in [0.5, 0.6) is 0 Å². The Labute approximate surface area is 116 Å². The smallest absolute Gasteiger partial charge is 0.226 e. The molecule has 0 saturated carbocycles. The summed E-state index contributed by atoms with van der Waals surface area (Å²) in [6, 6.07) is 9.99. The molecular weight excluding hydrogens is 258 g/mol. The van der Waals surface area contributed by atoms with Gasteiger partial charge < -0.3 is 5.32 Å². The molecule has 0 fully saturated rings. The number of aryl methyl sites for hydroxylation is 2. The number of nitrogens with one attached hydrogen (secondary N) is 1. The molecule has 1 aromatic heterocycles. The van der Waals surface area contributed by atoms with Gasteiger partial charge in [-0.1, -0.05) is 48.6 Å². The molecule has 4 nitrogen and oxygen atoms in total. The predicted molar refractivity (Wildman–Crippen MR) is 77.3 cm³/mol. The summed E-state index contributed by atoms with van der Waals surface area (Å²) in [5, 5.41) is 12.4. The zero-order valence-corrected chi connectivity index (χ0v) is 11.7. The normalized spacial score (nSPS) is 10.4. The molecule has 100 valence electrons. The van der Waals surface area contributed by atoms with Crippen molar-refractivity contribution in [2.75, 3.05) is 5.32 Å². The van der Waals surface area contributed by atoms with Crippen molar-refractivity contribution >= 4 is 22.4 Å². The first kappa shape index (κ1) is 13.7. The van der Waals surface area contributed by atoms with Crippen LogP contribution in [0.4, 0.5) is 5.13 Å². The fraction of sp³-hybridized carbons (Fsp3) is 0.357. The van der Waals surface area contributed by atoms with E-state index < -0.39 is 0 Å². The zero-order valence-electron chi connectivity index (χ0n) is 10.9. The average Bonchev–Trinajstić information content (AvgIpc) is 2.85. The van der Waals surface area contributed by atoms with Crippen molar-refractivity contribution < 1.29 is 4.79 Å². The van der Waals surface area contributed by atoms with E-state index in [9.17, 15) is 4.79 Å². The zero-order chi connectivity index (χ0) is 13.5. The summed E-state index contributed by atoms with van der Waals surface area (Å²) in [6.07, 6.45) is 3.16. The SMILES string of the molecule is CCCc1nnc(NC(=O)CCc2ccccc2)s1. The molecule has 19 heavy (non-hydrogen) atoms. The Morgan fingerprint density at radius 2 is 2.00 bits per heavy atom. The number of hydrogen-bond acceptors (Lipinski definition) is 4. The number of rotatable bonds is 6. The van der Waals surface area contributed by atoms with E-state index in [2.05, 4.69) is 22.4 Å². The number of aromatic nitrogens is 2. The van der Waals surface area contributed by atoms with Crippen LogP contribution >= 0.6 is 11.3 Å². The molecule has 2 rings (SSSR count). The fourth-order valence-corrected chi connectivity index (χ4v) is 2.56. The van der Waals surface area contributed by atoms with E-state index in [0.717, 1.165) is 24.3 Å². The molecule has 0 aliphatic heterocycles. The number of nitrogens with zero attached hydrogens (tertiary/aromatic N) is 2. The van der Waals surface area contributed by atoms with Crippen LogP contribution in [0.1, 0.15) is 30.3 Å². The topological polar surface area (TPSA) is 54.9 Å². The summed E-state index contributed by atoms with van der Waals surface area (Å²) in [4.78, 5) is 11.8. The minimum Gasteiger partial charge on any atom is -0.301 e. The maximum atomic E-state index is 11.8. The third-order valence-corrected chi connectivity index (χ3v) is 3.56. The summed E-state index contributed by atoms with van der Waals surface area (Å²) < 4.78 is 0. The Hall–Kier alpha value is -1.75. The minimum atomic E-state index is -0.0111. The number of benzene rings is 1. The Balaban J connectivity index is 1.80. The molecule has 1 aromatic carbocycles. The van der Waals surface area contributed by atoms with Gasteiger partial charge in [-0.15, -0.1) is 10.2 Å². The van der Waals surface area contributed by atoms with E-state index in [0.29, 0.717) is 11.6 Å². The van der Waals surface area contributed by atoms with Gasteiger partial charge in [0.2, 0.25) is 11.0 Å². The molecule has 0 bridgehead atoms. The molecule has 1 heterocycles. The molecule has 2 aromatic rings. The summed E-state index contributed by atoms with van der Waals surface area (Å²) >= 11 is 1.45. The van der Waals surface area contributed by atoms with E-state index in [1.165, 1.54) is 16.9 Å². The second-order valence-corrected chi connectivity index (χ2v) is 5.35. The van der Waals surface area contributed by atoms with E-state index in [4.69, 9.17) is 0 Å². The van der Waals surface area contributed by atoms with Crippen LogP contribution in [-0.4, -0.2) is 16.1 Å². The molecule has 1 amide bonds. The van der Waals surface area contributed by atoms with E-state index >= 15 is 0 Å². The highest BCUT2D eigenvalue weighted by atomic mass is 32.1. The lowest BCUT2D eigenvalue weighted by molar-refractivity contribution is -0.116. The molecule has 0 saturated heterocycles. The maximum Gasteiger partial charge on any atom is 0.226 e. The van der Waals surface area contributed by atoms with Crippen LogP contribution in [-0.2, 0) is 17.6 Å². The molecule has 0 aliphatic rings. The van der Waals surface area contributed by atoms with Crippen molar-refractivity contribution in [3.63, 3.8) is 0 Å². The summed E-state index contributed by atoms with van der Waals surface area (Å²) in [7, 11) is 0. The van der Waals surface area contributed by atoms with E-state index in [1.807, 2.05) is 30.3 Å². The maximum absolute atomic E-state index is 11.8. The number of hydrogen-bond donors (Lipinski definition) is 1. The highest BCUT2D eigenvalue weighted by Gasteiger charge is 2.07. The van der Waals surface area contributed by atoms with Gasteiger partial charge >= 0.3 is 0 Å². The first-order valence-electron chi connectivity index (χ1n) is 6.44. The van der Waals surface area contributed by atoms with Crippen LogP contribution < -0.4 is 5.32 Å². The highest BCUT2D eigenvalue weighted by Crippen LogP contribution is 2.16. The first-order chi connectivity index (χ1) is 9.28. The molecule has 0 aliphatic carbocycles. The van der Waals surface area contributed by atoms with Crippen molar-refractivity contribution in [2.24, 2.45) is 0 Å². The lowest BCUT2D eigenvalue weighted by Crippen LogP contribution is -2.12. The predicted octanol–water partition coefficient (Wildman–Crippen LogP) is 3.06. The molecular formula is C14H17N3OS. The van der Waals surface area contributed by atoms with Gasteiger partial charge in [-0.05, 0) is 18.4 Å². The second-order valence-electron chi connectivity index (χ2n) is 4.28. The second kappa shape index (κ2) is 6.99. The van der Waals surface area contributed by atoms with E-state index in [1.54, 1.807) is 0 Å². The summed E-state index contributed by atoms with van der Waals surface area (Å²) in [5.41, 5.74) is 1.17. The van der Waals surface area contributed by atoms with Crippen LogP contribution in [0.25, 0.3) is 0 Å². The third-order valence-electron chi connectivity index (χ3n) is 2.66. The number of carbonyl (C=O) groups excluding carboxylic acids is 1. The van der Waals surface area contributed by atoms with Gasteiger partial charge in [-0.3, -0.25) is 4.79 Å². The third kappa shape index (κ3) is 4.44. The summed E-state index contributed by atoms with van der Waals surface area (Å²) in [5.74, 6) is -0.0111. The molecule has 0 radical (unpaired) electrons. The lowest BCUT2D eigenvalue weighted by Gasteiger charge is -2.01. The first-order valence-corrected chi connectivity index (χ1v) is 7.25. The molecule has 0 atom stereocenters. The lowest BCUT2D eigenvalue weighted by atomic mass is 10.1. The Kier molecular flexibility index (Phi) is 5.03. The number of carbonyl (C=O) groups is 1. The van der Waals surface area contributed by atoms with Crippen molar-refractivity contribution in [1.29, 1.82) is 0 Å². The van der Waals surface area contributed by atoms with Gasteiger partial charge in [0.05, 0.1) is 0 Å². The largest absolute Gasteiger partial charge is 0.301 e. The van der Waals surface area contributed by atoms with Crippen molar-refractivity contribution in [3.05, 3.63) is 40.9 Å². The van der Waals surface area contributed by atoms with Crippen LogP contribution in [0.15, 0.2) is 30.3 Å². The Morgan fingerprint density at radius 1 is 1.21 bits per heavy atom. The fourth-order valence-electron chi connectivity index (χ4n) is 1.70. The van der Waals surface area contributed by atoms with Gasteiger partial charge in [-0.2, -0.15) is 0 Å². The minimum absolute atomic E-state index is 0.0111. The standard InChI is InChI=1S/C14H17N3OS/c1-2-6-13-16-17-14(19-13)15-12(18)10-9-11-7-4-3-5-8-11/h3-5,7-8H,2,6,9-10H2,1H3,(H,15,17,18). The summed E-state index contributed by atoms with van der Waals surface area (Å²) in [6.45, 7) is 2.10. The monoisotopic (exact) mass is 275 g/mol. The number of anilines is 1. The molecule has 5 heteroatoms. The highest BCUT2D eigenvalue weighted by molar-refractivity contribution is 7.15.